The molecule has 0 saturated heterocycles. The maximum atomic E-state index is 13.2. The Morgan fingerprint density at radius 1 is 1.25 bits per heavy atom. The molecule has 0 unspecified atom stereocenters. The van der Waals surface area contributed by atoms with Crippen LogP contribution in [0.15, 0.2) is 40.8 Å². The zero-order valence-electron chi connectivity index (χ0n) is 15.4. The van der Waals surface area contributed by atoms with Gasteiger partial charge in [-0.15, -0.1) is 0 Å². The van der Waals surface area contributed by atoms with Crippen molar-refractivity contribution in [3.05, 3.63) is 47.8 Å². The van der Waals surface area contributed by atoms with Gasteiger partial charge in [0.2, 0.25) is 10.0 Å². The van der Waals surface area contributed by atoms with E-state index >= 15 is 0 Å². The molecule has 1 N–H and O–H groups in total. The molecule has 0 amide bonds. The first-order valence-electron chi connectivity index (χ1n) is 8.30. The van der Waals surface area contributed by atoms with Gasteiger partial charge in [0.1, 0.15) is 28.5 Å². The number of halogens is 1. The first-order chi connectivity index (χ1) is 13.1. The molecule has 3 rings (SSSR count). The van der Waals surface area contributed by atoms with E-state index in [1.165, 1.54) is 43.4 Å². The minimum atomic E-state index is -3.59. The number of benzene rings is 2. The minimum Gasteiger partial charge on any atom is -0.492 e. The Balaban J connectivity index is 2.32. The molecule has 0 bridgehead atoms. The highest BCUT2D eigenvalue weighted by atomic mass is 32.2. The third-order valence-electron chi connectivity index (χ3n) is 4.23. The van der Waals surface area contributed by atoms with Gasteiger partial charge in [-0.05, 0) is 37.3 Å². The molecule has 0 aliphatic carbocycles. The molecule has 0 atom stereocenters. The van der Waals surface area contributed by atoms with E-state index in [1.54, 1.807) is 6.92 Å². The van der Waals surface area contributed by atoms with Crippen molar-refractivity contribution in [2.24, 2.45) is 0 Å². The fourth-order valence-electron chi connectivity index (χ4n) is 2.83. The van der Waals surface area contributed by atoms with E-state index in [0.717, 1.165) is 10.6 Å². The van der Waals surface area contributed by atoms with Crippen LogP contribution in [0, 0.1) is 5.82 Å². The number of nitrogens with zero attached hydrogens (tertiary/aromatic N) is 1. The summed E-state index contributed by atoms with van der Waals surface area (Å²) in [7, 11) is -2.23. The molecule has 1 aromatic heterocycles. The van der Waals surface area contributed by atoms with Crippen molar-refractivity contribution in [2.45, 2.75) is 6.92 Å². The van der Waals surface area contributed by atoms with Gasteiger partial charge in [-0.25, -0.2) is 17.6 Å². The summed E-state index contributed by atoms with van der Waals surface area (Å²) in [6.45, 7) is 1.98. The van der Waals surface area contributed by atoms with Crippen LogP contribution in [0.2, 0.25) is 0 Å². The third kappa shape index (κ3) is 3.53. The van der Waals surface area contributed by atoms with Crippen molar-refractivity contribution in [3.63, 3.8) is 0 Å². The lowest BCUT2D eigenvalue weighted by atomic mass is 10.0. The molecule has 0 spiro atoms. The number of sulfonamides is 1. The van der Waals surface area contributed by atoms with E-state index in [4.69, 9.17) is 9.15 Å². The lowest BCUT2D eigenvalue weighted by Crippen LogP contribution is -2.25. The first kappa shape index (κ1) is 19.7. The van der Waals surface area contributed by atoms with E-state index < -0.39 is 21.8 Å². The fraction of sp³-hybridized carbons (Fsp3) is 0.211. The highest BCUT2D eigenvalue weighted by molar-refractivity contribution is 7.92. The van der Waals surface area contributed by atoms with Crippen LogP contribution in [0.3, 0.4) is 0 Å². The molecule has 9 heteroatoms. The third-order valence-corrected chi connectivity index (χ3v) is 5.42. The highest BCUT2D eigenvalue weighted by Gasteiger charge is 2.26. The molecule has 3 aromatic rings. The smallest absolute Gasteiger partial charge is 0.340 e. The van der Waals surface area contributed by atoms with Gasteiger partial charge in [0.25, 0.3) is 0 Å². The van der Waals surface area contributed by atoms with E-state index in [2.05, 4.69) is 0 Å². The van der Waals surface area contributed by atoms with Gasteiger partial charge in [-0.3, -0.25) is 4.31 Å². The summed E-state index contributed by atoms with van der Waals surface area (Å²) in [6.07, 6.45) is 1.04. The Bertz CT molecular complexity index is 1150. The predicted molar refractivity (Wildman–Crippen MR) is 103 cm³/mol. The topological polar surface area (TPSA) is 97.1 Å². The van der Waals surface area contributed by atoms with E-state index in [-0.39, 0.29) is 40.3 Å². The number of hydrogen-bond donors (Lipinski definition) is 1. The number of carboxylic acids is 1. The Kier molecular flexibility index (Phi) is 5.03. The molecule has 0 fully saturated rings. The normalized spacial score (nSPS) is 11.6. The standard InChI is InChI=1S/C19H18FNO6S/c1-4-26-16-9-13-15(10-14(16)21(2)28(3,24)25)27-18(17(13)19(22)23)11-5-7-12(20)8-6-11/h5-10H,4H2,1-3H3,(H,22,23). The second kappa shape index (κ2) is 7.16. The van der Waals surface area contributed by atoms with Crippen LogP contribution in [0.4, 0.5) is 10.1 Å². The summed E-state index contributed by atoms with van der Waals surface area (Å²) in [5.74, 6) is -1.45. The maximum Gasteiger partial charge on any atom is 0.340 e. The molecule has 0 aliphatic heterocycles. The summed E-state index contributed by atoms with van der Waals surface area (Å²) < 4.78 is 49.5. The summed E-state index contributed by atoms with van der Waals surface area (Å²) in [5, 5.41) is 9.97. The number of carbonyl (C=O) groups is 1. The van der Waals surface area contributed by atoms with Gasteiger partial charge < -0.3 is 14.3 Å². The van der Waals surface area contributed by atoms with Crippen molar-refractivity contribution in [1.82, 2.24) is 0 Å². The van der Waals surface area contributed by atoms with Gasteiger partial charge in [0.05, 0.1) is 18.6 Å². The van der Waals surface area contributed by atoms with E-state index in [1.807, 2.05) is 0 Å². The van der Waals surface area contributed by atoms with Crippen LogP contribution in [0.5, 0.6) is 5.75 Å². The number of furan rings is 1. The molecule has 2 aromatic carbocycles. The van der Waals surface area contributed by atoms with Crippen LogP contribution >= 0.6 is 0 Å². The molecule has 148 valence electrons. The summed E-state index contributed by atoms with van der Waals surface area (Å²) in [5.41, 5.74) is 0.654. The average Bonchev–Trinajstić information content (AvgIpc) is 2.99. The Morgan fingerprint density at radius 2 is 1.89 bits per heavy atom. The second-order valence-electron chi connectivity index (χ2n) is 6.10. The minimum absolute atomic E-state index is 0.0455. The Labute approximate surface area is 161 Å². The number of ether oxygens (including phenoxy) is 1. The van der Waals surface area contributed by atoms with Crippen LogP contribution in [-0.4, -0.2) is 39.4 Å². The van der Waals surface area contributed by atoms with Gasteiger partial charge in [0, 0.05) is 24.1 Å². The second-order valence-corrected chi connectivity index (χ2v) is 8.11. The molecule has 0 radical (unpaired) electrons. The van der Waals surface area contributed by atoms with Gasteiger partial charge in [-0.1, -0.05) is 0 Å². The molecule has 7 nitrogen and oxygen atoms in total. The zero-order chi connectivity index (χ0) is 20.6. The predicted octanol–water partition coefficient (Wildman–Crippen LogP) is 3.73. The van der Waals surface area contributed by atoms with Gasteiger partial charge in [0.15, 0.2) is 0 Å². The molecular formula is C19H18FNO6S. The largest absolute Gasteiger partial charge is 0.492 e. The number of fused-ring (bicyclic) bond motifs is 1. The quantitative estimate of drug-likeness (QED) is 0.669. The summed E-state index contributed by atoms with van der Waals surface area (Å²) in [6, 6.07) is 8.07. The van der Waals surface area contributed by atoms with Crippen LogP contribution in [-0.2, 0) is 10.0 Å². The van der Waals surface area contributed by atoms with Crippen molar-refractivity contribution in [2.75, 3.05) is 24.2 Å². The molecule has 0 saturated carbocycles. The highest BCUT2D eigenvalue weighted by Crippen LogP contribution is 2.40. The number of carboxylic acid groups (broad SMARTS) is 1. The Hall–Kier alpha value is -3.07. The Morgan fingerprint density at radius 3 is 2.43 bits per heavy atom. The van der Waals surface area contributed by atoms with Crippen molar-refractivity contribution in [3.8, 4) is 17.1 Å². The molecular weight excluding hydrogens is 389 g/mol. The maximum absolute atomic E-state index is 13.2. The fourth-order valence-corrected chi connectivity index (χ4v) is 3.32. The van der Waals surface area contributed by atoms with Crippen LogP contribution in [0.1, 0.15) is 17.3 Å². The van der Waals surface area contributed by atoms with E-state index in [0.29, 0.717) is 5.56 Å². The number of anilines is 1. The van der Waals surface area contributed by atoms with E-state index in [9.17, 15) is 22.7 Å². The molecule has 1 heterocycles. The zero-order valence-corrected chi connectivity index (χ0v) is 16.2. The monoisotopic (exact) mass is 407 g/mol. The van der Waals surface area contributed by atoms with Gasteiger partial charge >= 0.3 is 5.97 Å². The average molecular weight is 407 g/mol. The number of rotatable bonds is 6. The summed E-state index contributed by atoms with van der Waals surface area (Å²) >= 11 is 0. The summed E-state index contributed by atoms with van der Waals surface area (Å²) in [4.78, 5) is 11.9. The van der Waals surface area contributed by atoms with Gasteiger partial charge in [-0.2, -0.15) is 0 Å². The lowest BCUT2D eigenvalue weighted by molar-refractivity contribution is 0.0699. The van der Waals surface area contributed by atoms with Crippen molar-refractivity contribution >= 4 is 32.6 Å². The number of hydrogen-bond acceptors (Lipinski definition) is 5. The van der Waals surface area contributed by atoms with Crippen LogP contribution < -0.4 is 9.04 Å². The van der Waals surface area contributed by atoms with Crippen LogP contribution in [0.25, 0.3) is 22.3 Å². The molecule has 0 aliphatic rings. The van der Waals surface area contributed by atoms with Crippen molar-refractivity contribution in [1.29, 1.82) is 0 Å². The lowest BCUT2D eigenvalue weighted by Gasteiger charge is -2.20. The molecule has 28 heavy (non-hydrogen) atoms. The number of aromatic carboxylic acids is 1. The first-order valence-corrected chi connectivity index (χ1v) is 10.1. The van der Waals surface area contributed by atoms with Crippen molar-refractivity contribution < 1.29 is 31.9 Å². The SMILES string of the molecule is CCOc1cc2c(C(=O)O)c(-c3ccc(F)cc3)oc2cc1N(C)S(C)(=O)=O.